The van der Waals surface area contributed by atoms with Gasteiger partial charge in [0.2, 0.25) is 0 Å². The van der Waals surface area contributed by atoms with Gasteiger partial charge in [0.15, 0.2) is 17.3 Å². The van der Waals surface area contributed by atoms with E-state index in [4.69, 9.17) is 9.15 Å². The summed E-state index contributed by atoms with van der Waals surface area (Å²) in [5.41, 5.74) is 0.290. The third-order valence-corrected chi connectivity index (χ3v) is 2.82. The molecule has 0 aliphatic rings. The fourth-order valence-electron chi connectivity index (χ4n) is 1.81. The molecule has 116 valence electrons. The lowest BCUT2D eigenvalue weighted by atomic mass is 10.1. The normalized spacial score (nSPS) is 11.1. The Balaban J connectivity index is 2.17. The Morgan fingerprint density at radius 2 is 2.00 bits per heavy atom. The van der Waals surface area contributed by atoms with Crippen LogP contribution in [0.4, 0.5) is 8.78 Å². The van der Waals surface area contributed by atoms with E-state index in [1.165, 1.54) is 37.5 Å². The molecule has 22 heavy (non-hydrogen) atoms. The van der Waals surface area contributed by atoms with Crippen molar-refractivity contribution in [3.05, 3.63) is 53.5 Å². The predicted octanol–water partition coefficient (Wildman–Crippen LogP) is 4.09. The van der Waals surface area contributed by atoms with E-state index in [9.17, 15) is 13.6 Å². The highest BCUT2D eigenvalue weighted by Crippen LogP contribution is 2.29. The summed E-state index contributed by atoms with van der Waals surface area (Å²) in [5.74, 6) is 0.918. The van der Waals surface area contributed by atoms with Crippen molar-refractivity contribution in [3.63, 3.8) is 0 Å². The monoisotopic (exact) mass is 308 g/mol. The molecular weight excluding hydrogens is 294 g/mol. The average Bonchev–Trinajstić information content (AvgIpc) is 2.90. The molecule has 0 amide bonds. The molecule has 2 rings (SSSR count). The second-order valence-electron chi connectivity index (χ2n) is 4.39. The number of furan rings is 1. The number of ether oxygens (including phenoxy) is 2. The molecule has 0 saturated carbocycles. The van der Waals surface area contributed by atoms with Crippen molar-refractivity contribution in [2.75, 3.05) is 7.11 Å². The Kier molecular flexibility index (Phi) is 4.93. The van der Waals surface area contributed by atoms with Crippen LogP contribution in [0.3, 0.4) is 0 Å². The molecule has 1 heterocycles. The zero-order valence-corrected chi connectivity index (χ0v) is 12.0. The zero-order valence-electron chi connectivity index (χ0n) is 12.0. The highest BCUT2D eigenvalue weighted by atomic mass is 19.3. The minimum atomic E-state index is -2.96. The molecule has 0 radical (unpaired) electrons. The van der Waals surface area contributed by atoms with Crippen LogP contribution in [0.25, 0.3) is 6.08 Å². The smallest absolute Gasteiger partial charge is 0.387 e. The number of carbonyl (C=O) groups is 1. The van der Waals surface area contributed by atoms with Gasteiger partial charge in [-0.15, -0.1) is 0 Å². The molecule has 0 bridgehead atoms. The van der Waals surface area contributed by atoms with Crippen molar-refractivity contribution < 1.29 is 27.5 Å². The van der Waals surface area contributed by atoms with Gasteiger partial charge in [-0.05, 0) is 49.4 Å². The summed E-state index contributed by atoms with van der Waals surface area (Å²) in [4.78, 5) is 12.1. The molecule has 0 fully saturated rings. The summed E-state index contributed by atoms with van der Waals surface area (Å²) in [7, 11) is 1.31. The van der Waals surface area contributed by atoms with Gasteiger partial charge in [0.05, 0.1) is 7.11 Å². The second kappa shape index (κ2) is 6.89. The molecule has 2 aromatic rings. The Morgan fingerprint density at radius 1 is 1.23 bits per heavy atom. The molecule has 0 unspecified atom stereocenters. The number of allylic oxidation sites excluding steroid dienone is 1. The molecule has 1 aromatic carbocycles. The number of alkyl halides is 2. The van der Waals surface area contributed by atoms with Crippen LogP contribution in [0.5, 0.6) is 11.5 Å². The van der Waals surface area contributed by atoms with Crippen LogP contribution in [-0.2, 0) is 0 Å². The van der Waals surface area contributed by atoms with Gasteiger partial charge in [-0.25, -0.2) is 0 Å². The number of benzene rings is 1. The van der Waals surface area contributed by atoms with Gasteiger partial charge < -0.3 is 13.9 Å². The molecular formula is C16H14F2O4. The molecule has 0 spiro atoms. The molecule has 6 heteroatoms. The number of carbonyl (C=O) groups excluding carboxylic acids is 1. The number of methoxy groups -OCH3 is 1. The number of rotatable bonds is 6. The lowest BCUT2D eigenvalue weighted by Crippen LogP contribution is -2.04. The van der Waals surface area contributed by atoms with Crippen LogP contribution in [-0.4, -0.2) is 19.5 Å². The van der Waals surface area contributed by atoms with E-state index in [0.29, 0.717) is 5.76 Å². The summed E-state index contributed by atoms with van der Waals surface area (Å²) in [6.45, 7) is -1.16. The number of ketones is 1. The molecule has 4 nitrogen and oxygen atoms in total. The van der Waals surface area contributed by atoms with Gasteiger partial charge in [-0.3, -0.25) is 4.79 Å². The highest BCUT2D eigenvalue weighted by molar-refractivity contribution is 6.07. The lowest BCUT2D eigenvalue weighted by molar-refractivity contribution is -0.0512. The summed E-state index contributed by atoms with van der Waals surface area (Å²) in [5, 5.41) is 0. The third-order valence-electron chi connectivity index (χ3n) is 2.82. The summed E-state index contributed by atoms with van der Waals surface area (Å²) in [6, 6.07) is 7.52. The van der Waals surface area contributed by atoms with Crippen molar-refractivity contribution in [3.8, 4) is 11.5 Å². The number of hydrogen-bond donors (Lipinski definition) is 0. The van der Waals surface area contributed by atoms with E-state index in [-0.39, 0.29) is 22.8 Å². The first kappa shape index (κ1) is 15.8. The quantitative estimate of drug-likeness (QED) is 0.595. The van der Waals surface area contributed by atoms with Crippen LogP contribution in [0.2, 0.25) is 0 Å². The van der Waals surface area contributed by atoms with Gasteiger partial charge in [0.1, 0.15) is 11.5 Å². The Morgan fingerprint density at radius 3 is 2.59 bits per heavy atom. The minimum Gasteiger partial charge on any atom is -0.493 e. The van der Waals surface area contributed by atoms with E-state index >= 15 is 0 Å². The van der Waals surface area contributed by atoms with Gasteiger partial charge in [-0.1, -0.05) is 0 Å². The largest absolute Gasteiger partial charge is 0.493 e. The number of hydrogen-bond acceptors (Lipinski definition) is 4. The first-order valence-electron chi connectivity index (χ1n) is 6.41. The van der Waals surface area contributed by atoms with Gasteiger partial charge >= 0.3 is 6.61 Å². The SMILES string of the molecule is COc1cc(C(=O)/C=C/c2ccc(C)o2)ccc1OC(F)F. The maximum Gasteiger partial charge on any atom is 0.387 e. The Labute approximate surface area is 126 Å². The fraction of sp³-hybridized carbons (Fsp3) is 0.188. The first-order valence-corrected chi connectivity index (χ1v) is 6.41. The maximum absolute atomic E-state index is 12.2. The number of aryl methyl sites for hydroxylation is 1. The summed E-state index contributed by atoms with van der Waals surface area (Å²) in [6.07, 6.45) is 2.87. The van der Waals surface area contributed by atoms with Crippen molar-refractivity contribution in [1.82, 2.24) is 0 Å². The Hall–Kier alpha value is -2.63. The van der Waals surface area contributed by atoms with E-state index in [1.54, 1.807) is 19.1 Å². The topological polar surface area (TPSA) is 48.7 Å². The van der Waals surface area contributed by atoms with Crippen LogP contribution in [0.15, 0.2) is 40.8 Å². The first-order chi connectivity index (χ1) is 10.5. The molecule has 0 atom stereocenters. The molecule has 0 aliphatic heterocycles. The second-order valence-corrected chi connectivity index (χ2v) is 4.39. The maximum atomic E-state index is 12.2. The van der Waals surface area contributed by atoms with E-state index < -0.39 is 6.61 Å². The molecule has 0 N–H and O–H groups in total. The van der Waals surface area contributed by atoms with Crippen molar-refractivity contribution in [1.29, 1.82) is 0 Å². The van der Waals surface area contributed by atoms with E-state index in [1.807, 2.05) is 0 Å². The van der Waals surface area contributed by atoms with Gasteiger partial charge in [0, 0.05) is 5.56 Å². The minimum absolute atomic E-state index is 0.0633. The van der Waals surface area contributed by atoms with Crippen LogP contribution >= 0.6 is 0 Å². The van der Waals surface area contributed by atoms with Crippen molar-refractivity contribution >= 4 is 11.9 Å². The lowest BCUT2D eigenvalue weighted by Gasteiger charge is -2.10. The van der Waals surface area contributed by atoms with Crippen molar-refractivity contribution in [2.45, 2.75) is 13.5 Å². The van der Waals surface area contributed by atoms with Gasteiger partial charge in [-0.2, -0.15) is 8.78 Å². The molecule has 0 saturated heterocycles. The van der Waals surface area contributed by atoms with Gasteiger partial charge in [0.25, 0.3) is 0 Å². The predicted molar refractivity (Wildman–Crippen MR) is 76.4 cm³/mol. The average molecular weight is 308 g/mol. The summed E-state index contributed by atoms with van der Waals surface area (Å²) >= 11 is 0. The molecule has 1 aromatic heterocycles. The van der Waals surface area contributed by atoms with E-state index in [2.05, 4.69) is 4.74 Å². The zero-order chi connectivity index (χ0) is 16.1. The number of halogens is 2. The van der Waals surface area contributed by atoms with E-state index in [0.717, 1.165) is 5.76 Å². The van der Waals surface area contributed by atoms with Crippen LogP contribution < -0.4 is 9.47 Å². The highest BCUT2D eigenvalue weighted by Gasteiger charge is 2.13. The standard InChI is InChI=1S/C16H14F2O4/c1-10-3-5-12(21-10)6-7-13(19)11-4-8-14(22-16(17)18)15(9-11)20-2/h3-9,16H,1-2H3/b7-6+. The Bertz CT molecular complexity index is 689. The van der Waals surface area contributed by atoms with Crippen LogP contribution in [0.1, 0.15) is 21.9 Å². The van der Waals surface area contributed by atoms with Crippen LogP contribution in [0, 0.1) is 6.92 Å². The summed E-state index contributed by atoms with van der Waals surface area (Å²) < 4.78 is 39.0. The fourth-order valence-corrected chi connectivity index (χ4v) is 1.81. The third kappa shape index (κ3) is 3.94. The molecule has 0 aliphatic carbocycles. The van der Waals surface area contributed by atoms with Crippen molar-refractivity contribution in [2.24, 2.45) is 0 Å².